The maximum atomic E-state index is 5.65. The van der Waals surface area contributed by atoms with Gasteiger partial charge in [0.2, 0.25) is 0 Å². The van der Waals surface area contributed by atoms with Gasteiger partial charge < -0.3 is 0 Å². The molecule has 0 nitrogen and oxygen atoms in total. The van der Waals surface area contributed by atoms with E-state index in [1.54, 1.807) is 0 Å². The fourth-order valence-electron chi connectivity index (χ4n) is 2.34. The molecule has 0 spiro atoms. The molecule has 0 saturated carbocycles. The zero-order valence-electron chi connectivity index (χ0n) is 13.1. The van der Waals surface area contributed by atoms with Crippen molar-refractivity contribution in [3.05, 3.63) is 12.2 Å². The molecule has 114 valence electrons. The normalized spacial score (nSPS) is 11.5. The largest absolute Gasteiger partial charge is 0.127 e. The standard InChI is InChI=1S/C18H35Cl/c1-2-3-4-5-6-7-8-9-10-11-12-13-14-15-16-17-18-19/h9-10H,2-8,11-18H2,1H3/b10-9+. The van der Waals surface area contributed by atoms with Crippen molar-refractivity contribution in [1.82, 2.24) is 0 Å². The Labute approximate surface area is 127 Å². The van der Waals surface area contributed by atoms with E-state index in [9.17, 15) is 0 Å². The van der Waals surface area contributed by atoms with Gasteiger partial charge >= 0.3 is 0 Å². The molecule has 0 aliphatic heterocycles. The van der Waals surface area contributed by atoms with Crippen LogP contribution in [0.4, 0.5) is 0 Å². The highest BCUT2D eigenvalue weighted by atomic mass is 35.5. The number of rotatable bonds is 15. The molecule has 0 unspecified atom stereocenters. The first-order valence-corrected chi connectivity index (χ1v) is 9.16. The molecule has 0 saturated heterocycles. The number of hydrogen-bond donors (Lipinski definition) is 0. The third kappa shape index (κ3) is 18.0. The smallest absolute Gasteiger partial charge is 0.0223 e. The first-order valence-electron chi connectivity index (χ1n) is 8.62. The second-order valence-electron chi connectivity index (χ2n) is 5.63. The molecule has 0 aromatic carbocycles. The van der Waals surface area contributed by atoms with Crippen LogP contribution >= 0.6 is 11.6 Å². The summed E-state index contributed by atoms with van der Waals surface area (Å²) in [4.78, 5) is 0. The van der Waals surface area contributed by atoms with Crippen molar-refractivity contribution in [2.45, 2.75) is 96.8 Å². The van der Waals surface area contributed by atoms with Crippen molar-refractivity contribution < 1.29 is 0 Å². The molecular weight excluding hydrogens is 252 g/mol. The highest BCUT2D eigenvalue weighted by molar-refractivity contribution is 6.17. The van der Waals surface area contributed by atoms with Crippen molar-refractivity contribution in [3.63, 3.8) is 0 Å². The molecule has 0 aliphatic carbocycles. The Kier molecular flexibility index (Phi) is 18.1. The summed E-state index contributed by atoms with van der Waals surface area (Å²) in [7, 11) is 0. The average Bonchev–Trinajstić information content (AvgIpc) is 2.43. The van der Waals surface area contributed by atoms with E-state index in [0.717, 1.165) is 5.88 Å². The van der Waals surface area contributed by atoms with E-state index in [1.165, 1.54) is 89.9 Å². The summed E-state index contributed by atoms with van der Waals surface area (Å²) in [6.45, 7) is 2.28. The maximum Gasteiger partial charge on any atom is 0.0223 e. The number of allylic oxidation sites excluding steroid dienone is 2. The van der Waals surface area contributed by atoms with E-state index in [2.05, 4.69) is 19.1 Å². The van der Waals surface area contributed by atoms with Crippen LogP contribution in [0.15, 0.2) is 12.2 Å². The van der Waals surface area contributed by atoms with Crippen molar-refractivity contribution >= 4 is 11.6 Å². The molecule has 0 atom stereocenters. The Bertz CT molecular complexity index is 175. The van der Waals surface area contributed by atoms with Gasteiger partial charge in [0.05, 0.1) is 0 Å². The van der Waals surface area contributed by atoms with E-state index in [4.69, 9.17) is 11.6 Å². The lowest BCUT2D eigenvalue weighted by atomic mass is 10.1. The molecule has 0 aromatic rings. The molecule has 0 fully saturated rings. The highest BCUT2D eigenvalue weighted by Gasteiger charge is 1.90. The highest BCUT2D eigenvalue weighted by Crippen LogP contribution is 2.09. The summed E-state index contributed by atoms with van der Waals surface area (Å²) in [5, 5.41) is 0. The Hall–Kier alpha value is 0.0300. The van der Waals surface area contributed by atoms with Gasteiger partial charge in [-0.3, -0.25) is 0 Å². The van der Waals surface area contributed by atoms with Gasteiger partial charge in [0.15, 0.2) is 0 Å². The number of halogens is 1. The van der Waals surface area contributed by atoms with Gasteiger partial charge in [0.25, 0.3) is 0 Å². The summed E-state index contributed by atoms with van der Waals surface area (Å²) in [6.07, 6.45) is 23.8. The van der Waals surface area contributed by atoms with E-state index in [-0.39, 0.29) is 0 Å². The molecule has 0 heterocycles. The van der Waals surface area contributed by atoms with Crippen LogP contribution in [0.25, 0.3) is 0 Å². The summed E-state index contributed by atoms with van der Waals surface area (Å²) < 4.78 is 0. The third-order valence-corrected chi connectivity index (χ3v) is 3.91. The molecule has 0 N–H and O–H groups in total. The van der Waals surface area contributed by atoms with Crippen molar-refractivity contribution in [2.24, 2.45) is 0 Å². The molecule has 0 aliphatic rings. The van der Waals surface area contributed by atoms with Gasteiger partial charge in [0, 0.05) is 5.88 Å². The lowest BCUT2D eigenvalue weighted by Crippen LogP contribution is -1.80. The fourth-order valence-corrected chi connectivity index (χ4v) is 2.53. The minimum absolute atomic E-state index is 0.835. The molecular formula is C18H35Cl. The van der Waals surface area contributed by atoms with Gasteiger partial charge in [0.1, 0.15) is 0 Å². The van der Waals surface area contributed by atoms with E-state index in [1.807, 2.05) is 0 Å². The minimum atomic E-state index is 0.835. The van der Waals surface area contributed by atoms with Crippen molar-refractivity contribution in [3.8, 4) is 0 Å². The second-order valence-corrected chi connectivity index (χ2v) is 6.00. The monoisotopic (exact) mass is 286 g/mol. The predicted octanol–water partition coefficient (Wildman–Crippen LogP) is 7.26. The molecule has 0 radical (unpaired) electrons. The van der Waals surface area contributed by atoms with Crippen molar-refractivity contribution in [1.29, 1.82) is 0 Å². The first kappa shape index (κ1) is 19.0. The van der Waals surface area contributed by atoms with Crippen LogP contribution < -0.4 is 0 Å². The summed E-state index contributed by atoms with van der Waals surface area (Å²) in [5.74, 6) is 0.835. The molecule has 1 heteroatoms. The van der Waals surface area contributed by atoms with Crippen molar-refractivity contribution in [2.75, 3.05) is 5.88 Å². The second kappa shape index (κ2) is 18.0. The first-order chi connectivity index (χ1) is 9.41. The van der Waals surface area contributed by atoms with Crippen LogP contribution in [0.3, 0.4) is 0 Å². The lowest BCUT2D eigenvalue weighted by molar-refractivity contribution is 0.607. The van der Waals surface area contributed by atoms with E-state index < -0.39 is 0 Å². The average molecular weight is 287 g/mol. The fraction of sp³-hybridized carbons (Fsp3) is 0.889. The summed E-state index contributed by atoms with van der Waals surface area (Å²) in [5.41, 5.74) is 0. The molecule has 0 rings (SSSR count). The van der Waals surface area contributed by atoms with Crippen LogP contribution in [0, 0.1) is 0 Å². The number of hydrogen-bond acceptors (Lipinski definition) is 0. The Morgan fingerprint density at radius 1 is 0.579 bits per heavy atom. The summed E-state index contributed by atoms with van der Waals surface area (Å²) in [6, 6.07) is 0. The van der Waals surface area contributed by atoms with Crippen LogP contribution in [-0.4, -0.2) is 5.88 Å². The van der Waals surface area contributed by atoms with Gasteiger partial charge in [-0.1, -0.05) is 76.9 Å². The maximum absolute atomic E-state index is 5.65. The molecule has 0 amide bonds. The molecule has 0 aromatic heterocycles. The van der Waals surface area contributed by atoms with Gasteiger partial charge in [-0.15, -0.1) is 11.6 Å². The predicted molar refractivity (Wildman–Crippen MR) is 90.2 cm³/mol. The third-order valence-electron chi connectivity index (χ3n) is 3.65. The topological polar surface area (TPSA) is 0 Å². The zero-order valence-corrected chi connectivity index (χ0v) is 13.9. The number of alkyl halides is 1. The van der Waals surface area contributed by atoms with E-state index >= 15 is 0 Å². The minimum Gasteiger partial charge on any atom is -0.127 e. The Balaban J connectivity index is 3.01. The molecule has 0 bridgehead atoms. The molecule has 19 heavy (non-hydrogen) atoms. The number of unbranched alkanes of at least 4 members (excludes halogenated alkanes) is 12. The van der Waals surface area contributed by atoms with Gasteiger partial charge in [-0.05, 0) is 32.1 Å². The Morgan fingerprint density at radius 2 is 1.00 bits per heavy atom. The summed E-state index contributed by atoms with van der Waals surface area (Å²) >= 11 is 5.65. The van der Waals surface area contributed by atoms with Crippen LogP contribution in [0.1, 0.15) is 96.8 Å². The SMILES string of the molecule is CCCCCCCC/C=C/CCCCCCCCCl. The van der Waals surface area contributed by atoms with Gasteiger partial charge in [-0.25, -0.2) is 0 Å². The van der Waals surface area contributed by atoms with Crippen LogP contribution in [-0.2, 0) is 0 Å². The van der Waals surface area contributed by atoms with Crippen LogP contribution in [0.2, 0.25) is 0 Å². The van der Waals surface area contributed by atoms with Crippen LogP contribution in [0.5, 0.6) is 0 Å². The zero-order chi connectivity index (χ0) is 14.0. The lowest BCUT2D eigenvalue weighted by Gasteiger charge is -1.99. The Morgan fingerprint density at radius 3 is 1.47 bits per heavy atom. The quantitative estimate of drug-likeness (QED) is 0.169. The van der Waals surface area contributed by atoms with E-state index in [0.29, 0.717) is 0 Å². The van der Waals surface area contributed by atoms with Gasteiger partial charge in [-0.2, -0.15) is 0 Å².